The molecule has 1 N–H and O–H groups in total. The molecule has 0 bridgehead atoms. The number of benzene rings is 1. The standard InChI is InChI=1S/C16H17N5S.HI/c1-17-15(21-7-6-12-4-2-3-5-14(12)21)18-10-13-11-20-8-9-22-16(20)19-13;/h2-5,8-9,11H,6-7,10H2,1H3,(H,17,18);1H. The van der Waals surface area contributed by atoms with E-state index in [0.717, 1.165) is 29.6 Å². The molecule has 0 aliphatic carbocycles. The quantitative estimate of drug-likeness (QED) is 0.379. The highest BCUT2D eigenvalue weighted by Crippen LogP contribution is 2.27. The molecule has 1 aliphatic rings. The summed E-state index contributed by atoms with van der Waals surface area (Å²) < 4.78 is 2.05. The number of anilines is 1. The summed E-state index contributed by atoms with van der Waals surface area (Å²) in [4.78, 5) is 12.3. The van der Waals surface area contributed by atoms with Crippen LogP contribution in [-0.4, -0.2) is 28.9 Å². The van der Waals surface area contributed by atoms with Gasteiger partial charge in [-0.15, -0.1) is 35.3 Å². The number of aromatic nitrogens is 2. The van der Waals surface area contributed by atoms with Gasteiger partial charge in [-0.25, -0.2) is 4.98 Å². The number of thiazole rings is 1. The van der Waals surface area contributed by atoms with Crippen molar-refractivity contribution in [1.82, 2.24) is 14.7 Å². The summed E-state index contributed by atoms with van der Waals surface area (Å²) in [6.07, 6.45) is 5.16. The molecule has 0 radical (unpaired) electrons. The molecule has 5 nitrogen and oxygen atoms in total. The Morgan fingerprint density at radius 3 is 3.09 bits per heavy atom. The van der Waals surface area contributed by atoms with Gasteiger partial charge in [-0.3, -0.25) is 9.39 Å². The molecule has 0 saturated heterocycles. The minimum Gasteiger partial charge on any atom is -0.350 e. The molecule has 3 heterocycles. The van der Waals surface area contributed by atoms with Crippen LogP contribution < -0.4 is 10.2 Å². The maximum atomic E-state index is 4.60. The van der Waals surface area contributed by atoms with Crippen LogP contribution >= 0.6 is 35.3 Å². The Bertz CT molecular complexity index is 809. The van der Waals surface area contributed by atoms with Crippen LogP contribution in [-0.2, 0) is 13.0 Å². The largest absolute Gasteiger partial charge is 0.350 e. The monoisotopic (exact) mass is 439 g/mol. The van der Waals surface area contributed by atoms with Gasteiger partial charge in [0.2, 0.25) is 0 Å². The van der Waals surface area contributed by atoms with Gasteiger partial charge in [0.05, 0.1) is 12.2 Å². The lowest BCUT2D eigenvalue weighted by Crippen LogP contribution is -2.40. The number of nitrogens with zero attached hydrogens (tertiary/aromatic N) is 4. The molecule has 0 unspecified atom stereocenters. The molecule has 1 aromatic carbocycles. The van der Waals surface area contributed by atoms with Crippen LogP contribution in [0.3, 0.4) is 0 Å². The van der Waals surface area contributed by atoms with Crippen LogP contribution in [0, 0.1) is 0 Å². The van der Waals surface area contributed by atoms with Crippen LogP contribution in [0.1, 0.15) is 11.3 Å². The third kappa shape index (κ3) is 3.07. The Morgan fingerprint density at radius 1 is 1.39 bits per heavy atom. The number of guanidine groups is 1. The molecule has 3 aromatic rings. The lowest BCUT2D eigenvalue weighted by Gasteiger charge is -2.21. The van der Waals surface area contributed by atoms with E-state index in [1.54, 1.807) is 11.3 Å². The fourth-order valence-electron chi connectivity index (χ4n) is 2.88. The van der Waals surface area contributed by atoms with E-state index in [4.69, 9.17) is 0 Å². The predicted molar refractivity (Wildman–Crippen MR) is 106 cm³/mol. The zero-order chi connectivity index (χ0) is 14.9. The molecule has 0 fully saturated rings. The average molecular weight is 439 g/mol. The molecule has 120 valence electrons. The summed E-state index contributed by atoms with van der Waals surface area (Å²) in [5, 5.41) is 5.47. The van der Waals surface area contributed by atoms with E-state index in [1.807, 2.05) is 18.6 Å². The molecule has 1 aliphatic heterocycles. The van der Waals surface area contributed by atoms with Gasteiger partial charge in [-0.05, 0) is 18.1 Å². The summed E-state index contributed by atoms with van der Waals surface area (Å²) in [6, 6.07) is 8.51. The minimum atomic E-state index is 0. The smallest absolute Gasteiger partial charge is 0.198 e. The van der Waals surface area contributed by atoms with Crippen LogP contribution in [0.5, 0.6) is 0 Å². The van der Waals surface area contributed by atoms with E-state index >= 15 is 0 Å². The fraction of sp³-hybridized carbons (Fsp3) is 0.250. The van der Waals surface area contributed by atoms with Crippen LogP contribution in [0.25, 0.3) is 4.96 Å². The van der Waals surface area contributed by atoms with Gasteiger partial charge in [0.1, 0.15) is 0 Å². The number of imidazole rings is 1. The van der Waals surface area contributed by atoms with Crippen LogP contribution in [0.2, 0.25) is 0 Å². The van der Waals surface area contributed by atoms with Gasteiger partial charge >= 0.3 is 0 Å². The van der Waals surface area contributed by atoms with E-state index < -0.39 is 0 Å². The number of hydrogen-bond acceptors (Lipinski definition) is 3. The summed E-state index contributed by atoms with van der Waals surface area (Å²) in [5.41, 5.74) is 3.66. The van der Waals surface area contributed by atoms with Crippen molar-refractivity contribution in [3.05, 3.63) is 53.3 Å². The van der Waals surface area contributed by atoms with Crippen molar-refractivity contribution in [1.29, 1.82) is 0 Å². The molecule has 7 heteroatoms. The summed E-state index contributed by atoms with van der Waals surface area (Å²) in [6.45, 7) is 1.65. The highest BCUT2D eigenvalue weighted by atomic mass is 127. The van der Waals surface area contributed by atoms with E-state index in [1.165, 1.54) is 11.3 Å². The zero-order valence-corrected chi connectivity index (χ0v) is 15.9. The fourth-order valence-corrected chi connectivity index (χ4v) is 3.60. The van der Waals surface area contributed by atoms with Crippen molar-refractivity contribution in [2.45, 2.75) is 13.0 Å². The van der Waals surface area contributed by atoms with Gasteiger partial charge in [0.15, 0.2) is 10.9 Å². The van der Waals surface area contributed by atoms with Crippen molar-refractivity contribution < 1.29 is 0 Å². The minimum absolute atomic E-state index is 0. The number of nitrogens with one attached hydrogen (secondary N) is 1. The van der Waals surface area contributed by atoms with E-state index in [-0.39, 0.29) is 24.0 Å². The molecule has 0 spiro atoms. The predicted octanol–water partition coefficient (Wildman–Crippen LogP) is 3.15. The van der Waals surface area contributed by atoms with E-state index in [9.17, 15) is 0 Å². The number of fused-ring (bicyclic) bond motifs is 2. The Morgan fingerprint density at radius 2 is 2.26 bits per heavy atom. The number of aliphatic imine (C=N–C) groups is 1. The Balaban J connectivity index is 0.00000156. The van der Waals surface area contributed by atoms with Gasteiger partial charge in [-0.1, -0.05) is 18.2 Å². The van der Waals surface area contributed by atoms with E-state index in [0.29, 0.717) is 6.54 Å². The second-order valence-corrected chi connectivity index (χ2v) is 6.13. The molecule has 0 amide bonds. The van der Waals surface area contributed by atoms with Gasteiger partial charge in [0, 0.05) is 37.1 Å². The highest BCUT2D eigenvalue weighted by molar-refractivity contribution is 14.0. The Kier molecular flexibility index (Phi) is 4.86. The lowest BCUT2D eigenvalue weighted by atomic mass is 10.2. The number of rotatable bonds is 2. The SMILES string of the molecule is CN=C(NCc1cn2ccsc2n1)N1CCc2ccccc21.I. The number of hydrogen-bond donors (Lipinski definition) is 1. The van der Waals surface area contributed by atoms with Crippen molar-refractivity contribution in [2.75, 3.05) is 18.5 Å². The summed E-state index contributed by atoms with van der Waals surface area (Å²) in [5.74, 6) is 0.904. The normalized spacial score (nSPS) is 14.0. The van der Waals surface area contributed by atoms with E-state index in [2.05, 4.69) is 55.1 Å². The molecular weight excluding hydrogens is 421 g/mol. The molecule has 4 rings (SSSR count). The topological polar surface area (TPSA) is 44.9 Å². The van der Waals surface area contributed by atoms with Crippen LogP contribution in [0.15, 0.2) is 47.0 Å². The zero-order valence-electron chi connectivity index (χ0n) is 12.8. The Hall–Kier alpha value is -1.61. The van der Waals surface area contributed by atoms with Crippen molar-refractivity contribution >= 4 is 51.9 Å². The second kappa shape index (κ2) is 6.88. The average Bonchev–Trinajstić information content (AvgIpc) is 3.22. The first-order valence-corrected chi connectivity index (χ1v) is 8.20. The first-order chi connectivity index (χ1) is 10.8. The molecule has 0 saturated carbocycles. The lowest BCUT2D eigenvalue weighted by molar-refractivity contribution is 0.848. The van der Waals surface area contributed by atoms with Crippen LogP contribution in [0.4, 0.5) is 5.69 Å². The maximum Gasteiger partial charge on any atom is 0.198 e. The molecule has 2 aromatic heterocycles. The second-order valence-electron chi connectivity index (χ2n) is 5.26. The Labute approximate surface area is 156 Å². The van der Waals surface area contributed by atoms with Gasteiger partial charge < -0.3 is 10.2 Å². The first-order valence-electron chi connectivity index (χ1n) is 7.32. The summed E-state index contributed by atoms with van der Waals surface area (Å²) >= 11 is 1.65. The van der Waals surface area contributed by atoms with Gasteiger partial charge in [0.25, 0.3) is 0 Å². The third-order valence-corrected chi connectivity index (χ3v) is 4.70. The third-order valence-electron chi connectivity index (χ3n) is 3.93. The molecular formula is C16H18IN5S. The van der Waals surface area contributed by atoms with Crippen molar-refractivity contribution in [2.24, 2.45) is 4.99 Å². The number of halogens is 1. The van der Waals surface area contributed by atoms with Gasteiger partial charge in [-0.2, -0.15) is 0 Å². The molecule has 0 atom stereocenters. The first kappa shape index (κ1) is 16.3. The maximum absolute atomic E-state index is 4.60. The summed E-state index contributed by atoms with van der Waals surface area (Å²) in [7, 11) is 1.83. The number of para-hydroxylation sites is 1. The highest BCUT2D eigenvalue weighted by Gasteiger charge is 2.22. The van der Waals surface area contributed by atoms with Crippen molar-refractivity contribution in [3.8, 4) is 0 Å². The molecule has 23 heavy (non-hydrogen) atoms. The van der Waals surface area contributed by atoms with Crippen molar-refractivity contribution in [3.63, 3.8) is 0 Å².